The molecule has 0 spiro atoms. The molecule has 5 heteroatoms. The number of carboxylic acids is 1. The molecule has 3 rings (SSSR count). The van der Waals surface area contributed by atoms with Gasteiger partial charge in [0.05, 0.1) is 16.8 Å². The third kappa shape index (κ3) is 2.52. The van der Waals surface area contributed by atoms with Gasteiger partial charge in [0.15, 0.2) is 0 Å². The van der Waals surface area contributed by atoms with Crippen molar-refractivity contribution in [2.45, 2.75) is 0 Å². The number of hydrogen-bond acceptors (Lipinski definition) is 2. The summed E-state index contributed by atoms with van der Waals surface area (Å²) in [5.74, 6) is -0.992. The summed E-state index contributed by atoms with van der Waals surface area (Å²) in [5, 5.41) is 10.6. The lowest BCUT2D eigenvalue weighted by atomic mass is 10.0. The molecule has 0 aliphatic carbocycles. The van der Waals surface area contributed by atoms with Crippen molar-refractivity contribution in [2.75, 3.05) is 0 Å². The maximum Gasteiger partial charge on any atom is 0.336 e. The van der Waals surface area contributed by atoms with Gasteiger partial charge in [-0.3, -0.25) is 0 Å². The minimum atomic E-state index is -0.992. The van der Waals surface area contributed by atoms with Crippen LogP contribution in [0.3, 0.4) is 0 Å². The van der Waals surface area contributed by atoms with Crippen LogP contribution in [0.4, 0.5) is 0 Å². The van der Waals surface area contributed by atoms with Crippen LogP contribution in [0.1, 0.15) is 10.4 Å². The van der Waals surface area contributed by atoms with Gasteiger partial charge in [-0.15, -0.1) is 0 Å². The predicted molar refractivity (Wildman–Crippen MR) is 86.8 cm³/mol. The SMILES string of the molecule is O=C(O)c1cc(-c2ccccc2Cl)nc2c(Br)cccc12. The molecule has 0 unspecified atom stereocenters. The van der Waals surface area contributed by atoms with Crippen LogP contribution in [0.25, 0.3) is 22.2 Å². The van der Waals surface area contributed by atoms with Crippen molar-refractivity contribution >= 4 is 44.4 Å². The van der Waals surface area contributed by atoms with Crippen LogP contribution >= 0.6 is 27.5 Å². The lowest BCUT2D eigenvalue weighted by Gasteiger charge is -2.09. The lowest BCUT2D eigenvalue weighted by molar-refractivity contribution is 0.0699. The van der Waals surface area contributed by atoms with E-state index in [4.69, 9.17) is 11.6 Å². The Morgan fingerprint density at radius 3 is 2.62 bits per heavy atom. The maximum absolute atomic E-state index is 11.5. The van der Waals surface area contributed by atoms with Crippen molar-refractivity contribution in [1.82, 2.24) is 4.98 Å². The van der Waals surface area contributed by atoms with Crippen molar-refractivity contribution in [3.8, 4) is 11.3 Å². The van der Waals surface area contributed by atoms with Crippen LogP contribution in [-0.2, 0) is 0 Å². The van der Waals surface area contributed by atoms with Crippen LogP contribution < -0.4 is 0 Å². The molecular formula is C16H9BrClNO2. The molecule has 21 heavy (non-hydrogen) atoms. The summed E-state index contributed by atoms with van der Waals surface area (Å²) in [5.41, 5.74) is 2.06. The van der Waals surface area contributed by atoms with Gasteiger partial charge in [0, 0.05) is 20.4 Å². The zero-order chi connectivity index (χ0) is 15.0. The second-order valence-electron chi connectivity index (χ2n) is 4.48. The van der Waals surface area contributed by atoms with Crippen molar-refractivity contribution in [1.29, 1.82) is 0 Å². The number of carbonyl (C=O) groups is 1. The smallest absolute Gasteiger partial charge is 0.336 e. The standard InChI is InChI=1S/C16H9BrClNO2/c17-12-6-3-5-9-11(16(20)21)8-14(19-15(9)12)10-4-1-2-7-13(10)18/h1-8H,(H,20,21). The van der Waals surface area contributed by atoms with Gasteiger partial charge in [0.25, 0.3) is 0 Å². The molecule has 0 aliphatic heterocycles. The Morgan fingerprint density at radius 2 is 1.90 bits per heavy atom. The van der Waals surface area contributed by atoms with E-state index in [1.54, 1.807) is 24.3 Å². The highest BCUT2D eigenvalue weighted by molar-refractivity contribution is 9.10. The summed E-state index contributed by atoms with van der Waals surface area (Å²) >= 11 is 9.60. The molecule has 0 aliphatic rings. The number of aromatic nitrogens is 1. The Kier molecular flexibility index (Phi) is 3.66. The van der Waals surface area contributed by atoms with Crippen LogP contribution in [0.2, 0.25) is 5.02 Å². The first-order chi connectivity index (χ1) is 10.1. The molecule has 0 radical (unpaired) electrons. The van der Waals surface area contributed by atoms with Gasteiger partial charge in [-0.25, -0.2) is 9.78 Å². The number of nitrogens with zero attached hydrogens (tertiary/aromatic N) is 1. The van der Waals surface area contributed by atoms with Crippen LogP contribution in [-0.4, -0.2) is 16.1 Å². The number of hydrogen-bond donors (Lipinski definition) is 1. The monoisotopic (exact) mass is 361 g/mol. The molecule has 0 fully saturated rings. The van der Waals surface area contributed by atoms with Gasteiger partial charge < -0.3 is 5.11 Å². The van der Waals surface area contributed by atoms with Crippen molar-refractivity contribution in [3.63, 3.8) is 0 Å². The summed E-state index contributed by atoms with van der Waals surface area (Å²) in [6.07, 6.45) is 0. The van der Waals surface area contributed by atoms with Crippen LogP contribution in [0.5, 0.6) is 0 Å². The fourth-order valence-electron chi connectivity index (χ4n) is 2.20. The van der Waals surface area contributed by atoms with E-state index in [2.05, 4.69) is 20.9 Å². The number of para-hydroxylation sites is 1. The van der Waals surface area contributed by atoms with E-state index in [0.29, 0.717) is 27.2 Å². The second-order valence-corrected chi connectivity index (χ2v) is 5.74. The highest BCUT2D eigenvalue weighted by Gasteiger charge is 2.15. The van der Waals surface area contributed by atoms with Gasteiger partial charge in [-0.1, -0.05) is 41.9 Å². The van der Waals surface area contributed by atoms with E-state index in [9.17, 15) is 9.90 Å². The molecule has 3 aromatic rings. The average molecular weight is 363 g/mol. The first-order valence-electron chi connectivity index (χ1n) is 6.15. The molecule has 0 bridgehead atoms. The first-order valence-corrected chi connectivity index (χ1v) is 7.32. The summed E-state index contributed by atoms with van der Waals surface area (Å²) in [6.45, 7) is 0. The predicted octanol–water partition coefficient (Wildman–Crippen LogP) is 5.02. The highest BCUT2D eigenvalue weighted by Crippen LogP contribution is 2.32. The van der Waals surface area contributed by atoms with E-state index in [1.807, 2.05) is 24.3 Å². The fraction of sp³-hybridized carbons (Fsp3) is 0. The fourth-order valence-corrected chi connectivity index (χ4v) is 2.88. The Labute approximate surface area is 134 Å². The number of halogens is 2. The number of aromatic carboxylic acids is 1. The quantitative estimate of drug-likeness (QED) is 0.696. The van der Waals surface area contributed by atoms with Crippen molar-refractivity contribution in [2.24, 2.45) is 0 Å². The number of carboxylic acid groups (broad SMARTS) is 1. The molecule has 104 valence electrons. The lowest BCUT2D eigenvalue weighted by Crippen LogP contribution is -2.00. The Hall–Kier alpha value is -1.91. The number of rotatable bonds is 2. The van der Waals surface area contributed by atoms with E-state index in [0.717, 1.165) is 4.47 Å². The minimum Gasteiger partial charge on any atom is -0.478 e. The molecular weight excluding hydrogens is 354 g/mol. The first kappa shape index (κ1) is 14.0. The summed E-state index contributed by atoms with van der Waals surface area (Å²) in [6, 6.07) is 14.1. The zero-order valence-electron chi connectivity index (χ0n) is 10.7. The van der Waals surface area contributed by atoms with Crippen molar-refractivity contribution < 1.29 is 9.90 Å². The average Bonchev–Trinajstić information content (AvgIpc) is 2.47. The number of benzene rings is 2. The zero-order valence-corrected chi connectivity index (χ0v) is 13.0. The Balaban J connectivity index is 2.38. The summed E-state index contributed by atoms with van der Waals surface area (Å²) in [4.78, 5) is 16.1. The maximum atomic E-state index is 11.5. The molecule has 2 aromatic carbocycles. The third-order valence-corrected chi connectivity index (χ3v) is 4.14. The number of pyridine rings is 1. The van der Waals surface area contributed by atoms with Crippen LogP contribution in [0.15, 0.2) is 53.0 Å². The third-order valence-electron chi connectivity index (χ3n) is 3.17. The van der Waals surface area contributed by atoms with E-state index in [1.165, 1.54) is 0 Å². The normalized spacial score (nSPS) is 10.8. The Morgan fingerprint density at radius 1 is 1.14 bits per heavy atom. The topological polar surface area (TPSA) is 50.2 Å². The Bertz CT molecular complexity index is 864. The molecule has 3 nitrogen and oxygen atoms in total. The molecule has 0 amide bonds. The molecule has 0 atom stereocenters. The molecule has 1 N–H and O–H groups in total. The van der Waals surface area contributed by atoms with Gasteiger partial charge in [0.2, 0.25) is 0 Å². The van der Waals surface area contributed by atoms with E-state index >= 15 is 0 Å². The van der Waals surface area contributed by atoms with E-state index < -0.39 is 5.97 Å². The molecule has 0 saturated heterocycles. The molecule has 1 heterocycles. The molecule has 1 aromatic heterocycles. The summed E-state index contributed by atoms with van der Waals surface area (Å²) in [7, 11) is 0. The van der Waals surface area contributed by atoms with Gasteiger partial charge in [-0.2, -0.15) is 0 Å². The van der Waals surface area contributed by atoms with Crippen LogP contribution in [0, 0.1) is 0 Å². The second kappa shape index (κ2) is 5.47. The summed E-state index contributed by atoms with van der Waals surface area (Å²) < 4.78 is 0.747. The minimum absolute atomic E-state index is 0.205. The van der Waals surface area contributed by atoms with Gasteiger partial charge in [0.1, 0.15) is 0 Å². The van der Waals surface area contributed by atoms with Gasteiger partial charge in [-0.05, 0) is 34.1 Å². The van der Waals surface area contributed by atoms with Gasteiger partial charge >= 0.3 is 5.97 Å². The number of fused-ring (bicyclic) bond motifs is 1. The highest BCUT2D eigenvalue weighted by atomic mass is 79.9. The van der Waals surface area contributed by atoms with Crippen molar-refractivity contribution in [3.05, 3.63) is 63.6 Å². The van der Waals surface area contributed by atoms with E-state index in [-0.39, 0.29) is 5.56 Å². The molecule has 0 saturated carbocycles. The largest absolute Gasteiger partial charge is 0.478 e.